The van der Waals surface area contributed by atoms with Gasteiger partial charge in [-0.05, 0) is 66.9 Å². The van der Waals surface area contributed by atoms with Crippen molar-refractivity contribution < 1.29 is 43.3 Å². The number of fused-ring (bicyclic) bond motifs is 2. The van der Waals surface area contributed by atoms with Crippen molar-refractivity contribution in [1.82, 2.24) is 20.9 Å². The second-order valence-electron chi connectivity index (χ2n) is 14.0. The molecule has 4 aromatic carbocycles. The van der Waals surface area contributed by atoms with Gasteiger partial charge in [0.25, 0.3) is 0 Å². The quantitative estimate of drug-likeness (QED) is 0.0833. The van der Waals surface area contributed by atoms with Crippen LogP contribution in [0.25, 0.3) is 21.7 Å². The summed E-state index contributed by atoms with van der Waals surface area (Å²) in [5.74, 6) is -4.74. The number of aromatic nitrogens is 1. The Hall–Kier alpha value is -6.70. The van der Waals surface area contributed by atoms with Gasteiger partial charge in [-0.1, -0.05) is 60.7 Å². The van der Waals surface area contributed by atoms with Gasteiger partial charge in [0.15, 0.2) is 5.78 Å². The van der Waals surface area contributed by atoms with E-state index in [2.05, 4.69) is 20.9 Å². The minimum absolute atomic E-state index is 0.00522. The average molecular weight is 750 g/mol. The van der Waals surface area contributed by atoms with Crippen LogP contribution in [0.4, 0.5) is 4.79 Å². The SMILES string of the molecule is COc1ccc(C(N)=O)c(C(=O)[C@H](CC(=O)O)NC(=O)[C@H](Cc2ccc3ccccc3c2)NC(=O)[C@H](Cc2c[nH]c3ccccc23)NC(=O)OC(C)(C)C)c1. The second kappa shape index (κ2) is 17.0. The number of hydrogen-bond donors (Lipinski definition) is 6. The fraction of sp³-hybridized carbons (Fsp3) is 0.268. The van der Waals surface area contributed by atoms with Gasteiger partial charge in [-0.2, -0.15) is 0 Å². The van der Waals surface area contributed by atoms with Crippen molar-refractivity contribution in [3.8, 4) is 5.75 Å². The van der Waals surface area contributed by atoms with Gasteiger partial charge in [-0.3, -0.25) is 24.0 Å². The van der Waals surface area contributed by atoms with Gasteiger partial charge in [0.2, 0.25) is 17.7 Å². The first kappa shape index (κ1) is 39.5. The summed E-state index contributed by atoms with van der Waals surface area (Å²) in [6, 6.07) is 20.1. The van der Waals surface area contributed by atoms with E-state index in [4.69, 9.17) is 15.2 Å². The van der Waals surface area contributed by atoms with Gasteiger partial charge in [0, 0.05) is 35.5 Å². The van der Waals surface area contributed by atoms with Crippen LogP contribution in [0.2, 0.25) is 0 Å². The Balaban J connectivity index is 1.50. The van der Waals surface area contributed by atoms with Gasteiger partial charge in [0.05, 0.1) is 19.1 Å². The summed E-state index contributed by atoms with van der Waals surface area (Å²) in [4.78, 5) is 82.8. The van der Waals surface area contributed by atoms with Crippen molar-refractivity contribution in [3.05, 3.63) is 113 Å². The van der Waals surface area contributed by atoms with Crippen molar-refractivity contribution in [2.45, 2.75) is 63.8 Å². The van der Waals surface area contributed by atoms with E-state index in [1.54, 1.807) is 33.0 Å². The van der Waals surface area contributed by atoms with Crippen molar-refractivity contribution in [1.29, 1.82) is 0 Å². The Bertz CT molecular complexity index is 2260. The van der Waals surface area contributed by atoms with Crippen LogP contribution in [-0.4, -0.2) is 76.5 Å². The maximum Gasteiger partial charge on any atom is 0.408 e. The van der Waals surface area contributed by atoms with E-state index >= 15 is 0 Å². The number of benzene rings is 4. The van der Waals surface area contributed by atoms with E-state index < -0.39 is 65.7 Å². The highest BCUT2D eigenvalue weighted by atomic mass is 16.6. The topological polar surface area (TPSA) is 219 Å². The van der Waals surface area contributed by atoms with Crippen LogP contribution >= 0.6 is 0 Å². The van der Waals surface area contributed by atoms with Gasteiger partial charge in [0.1, 0.15) is 29.5 Å². The lowest BCUT2D eigenvalue weighted by Crippen LogP contribution is -2.57. The molecule has 0 aliphatic heterocycles. The van der Waals surface area contributed by atoms with E-state index in [1.165, 1.54) is 25.3 Å². The Morgan fingerprint density at radius 3 is 2.09 bits per heavy atom. The highest BCUT2D eigenvalue weighted by molar-refractivity contribution is 6.11. The number of primary amides is 1. The maximum absolute atomic E-state index is 14.2. The van der Waals surface area contributed by atoms with Crippen LogP contribution in [0.5, 0.6) is 5.75 Å². The lowest BCUT2D eigenvalue weighted by Gasteiger charge is -2.26. The molecule has 5 aromatic rings. The predicted octanol–water partition coefficient (Wildman–Crippen LogP) is 4.43. The average Bonchev–Trinajstić information content (AvgIpc) is 3.54. The number of H-pyrrole nitrogens is 1. The third-order valence-corrected chi connectivity index (χ3v) is 8.76. The van der Waals surface area contributed by atoms with E-state index in [-0.39, 0.29) is 29.7 Å². The molecular formula is C41H43N5O9. The van der Waals surface area contributed by atoms with E-state index in [0.29, 0.717) is 11.1 Å². The molecule has 0 aliphatic carbocycles. The largest absolute Gasteiger partial charge is 0.497 e. The number of hydrogen-bond acceptors (Lipinski definition) is 8. The summed E-state index contributed by atoms with van der Waals surface area (Å²) in [7, 11) is 1.34. The number of ether oxygens (including phenoxy) is 2. The molecule has 0 unspecified atom stereocenters. The Morgan fingerprint density at radius 1 is 0.764 bits per heavy atom. The summed E-state index contributed by atoms with van der Waals surface area (Å²) in [6.07, 6.45) is -0.0829. The first-order valence-corrected chi connectivity index (χ1v) is 17.5. The number of aliphatic carboxylic acids is 1. The molecule has 7 N–H and O–H groups in total. The number of Topliss-reactive ketones (excluding diaryl/α,β-unsaturated/α-hetero) is 1. The molecule has 3 atom stereocenters. The molecule has 0 fully saturated rings. The summed E-state index contributed by atoms with van der Waals surface area (Å²) in [5, 5.41) is 20.3. The minimum atomic E-state index is -1.69. The third kappa shape index (κ3) is 10.3. The van der Waals surface area contributed by atoms with Crippen LogP contribution in [0.3, 0.4) is 0 Å². The molecule has 286 valence electrons. The predicted molar refractivity (Wildman–Crippen MR) is 205 cm³/mol. The Labute approximate surface area is 316 Å². The molecule has 0 bridgehead atoms. The van der Waals surface area contributed by atoms with Crippen LogP contribution in [0.15, 0.2) is 91.1 Å². The number of para-hydroxylation sites is 1. The number of carbonyl (C=O) groups is 6. The van der Waals surface area contributed by atoms with E-state index in [9.17, 15) is 33.9 Å². The molecule has 0 spiro atoms. The Kier molecular flexibility index (Phi) is 12.2. The first-order chi connectivity index (χ1) is 26.1. The number of nitrogens with one attached hydrogen (secondary N) is 4. The summed E-state index contributed by atoms with van der Waals surface area (Å²) < 4.78 is 10.7. The van der Waals surface area contributed by atoms with E-state index in [1.807, 2.05) is 60.7 Å². The number of rotatable bonds is 15. The molecule has 0 saturated carbocycles. The van der Waals surface area contributed by atoms with Crippen molar-refractivity contribution in [2.24, 2.45) is 5.73 Å². The molecule has 1 aromatic heterocycles. The minimum Gasteiger partial charge on any atom is -0.497 e. The normalized spacial score (nSPS) is 12.9. The molecule has 0 radical (unpaired) electrons. The number of ketones is 1. The molecule has 14 nitrogen and oxygen atoms in total. The van der Waals surface area contributed by atoms with Gasteiger partial charge >= 0.3 is 12.1 Å². The zero-order valence-electron chi connectivity index (χ0n) is 30.8. The van der Waals surface area contributed by atoms with Crippen LogP contribution in [0.1, 0.15) is 59.0 Å². The van der Waals surface area contributed by atoms with Crippen LogP contribution in [0, 0.1) is 0 Å². The number of amides is 4. The zero-order valence-corrected chi connectivity index (χ0v) is 30.8. The smallest absolute Gasteiger partial charge is 0.408 e. The number of methoxy groups -OCH3 is 1. The number of carbonyl (C=O) groups excluding carboxylic acids is 5. The molecular weight excluding hydrogens is 706 g/mol. The lowest BCUT2D eigenvalue weighted by atomic mass is 9.95. The molecule has 0 saturated heterocycles. The maximum atomic E-state index is 14.2. The molecule has 5 rings (SSSR count). The molecule has 4 amide bonds. The lowest BCUT2D eigenvalue weighted by molar-refractivity contribution is -0.137. The fourth-order valence-electron chi connectivity index (χ4n) is 6.18. The van der Waals surface area contributed by atoms with Gasteiger partial charge in [-0.15, -0.1) is 0 Å². The monoisotopic (exact) mass is 749 g/mol. The second-order valence-corrected chi connectivity index (χ2v) is 14.0. The highest BCUT2D eigenvalue weighted by Crippen LogP contribution is 2.22. The first-order valence-electron chi connectivity index (χ1n) is 17.5. The van der Waals surface area contributed by atoms with Crippen molar-refractivity contribution in [2.75, 3.05) is 7.11 Å². The third-order valence-electron chi connectivity index (χ3n) is 8.76. The van der Waals surface area contributed by atoms with Crippen LogP contribution < -0.4 is 26.4 Å². The van der Waals surface area contributed by atoms with Crippen molar-refractivity contribution >= 4 is 57.2 Å². The number of carboxylic acids is 1. The summed E-state index contributed by atoms with van der Waals surface area (Å²) in [6.45, 7) is 5.04. The molecule has 55 heavy (non-hydrogen) atoms. The number of alkyl carbamates (subject to hydrolysis) is 1. The molecule has 14 heteroatoms. The fourth-order valence-corrected chi connectivity index (χ4v) is 6.18. The van der Waals surface area contributed by atoms with E-state index in [0.717, 1.165) is 21.7 Å². The standard InChI is InChI=1S/C41H43N5O9/c1-41(2,3)55-40(53)46-34(19-26-22-43-31-12-8-7-11-28(26)31)39(52)45-33(18-23-13-14-24-9-5-6-10-25(24)17-23)38(51)44-32(21-35(47)48)36(49)30-20-27(54-4)15-16-29(30)37(42)50/h5-17,20,22,32-34,43H,18-19,21H2,1-4H3,(H2,42,50)(H,44,51)(H,45,52)(H,46,53)(H,47,48)/t32-,33-,34-/m0/s1. The molecule has 0 aliphatic rings. The number of carboxylic acid groups (broad SMARTS) is 1. The van der Waals surface area contributed by atoms with Gasteiger partial charge in [-0.25, -0.2) is 4.79 Å². The van der Waals surface area contributed by atoms with Crippen molar-refractivity contribution in [3.63, 3.8) is 0 Å². The Morgan fingerprint density at radius 2 is 1.42 bits per heavy atom. The summed E-state index contributed by atoms with van der Waals surface area (Å²) >= 11 is 0. The molecule has 1 heterocycles. The number of nitrogens with two attached hydrogens (primary N) is 1. The van der Waals surface area contributed by atoms with Gasteiger partial charge < -0.3 is 41.2 Å². The van der Waals surface area contributed by atoms with Crippen LogP contribution in [-0.2, 0) is 32.0 Å². The zero-order chi connectivity index (χ0) is 39.9. The number of aromatic amines is 1. The summed E-state index contributed by atoms with van der Waals surface area (Å²) in [5.41, 5.74) is 6.34. The highest BCUT2D eigenvalue weighted by Gasteiger charge is 2.33.